The second-order valence-electron chi connectivity index (χ2n) is 5.37. The molecule has 4 nitrogen and oxygen atoms in total. The highest BCUT2D eigenvalue weighted by Gasteiger charge is 2.12. The van der Waals surface area contributed by atoms with Gasteiger partial charge in [-0.25, -0.2) is 9.97 Å². The van der Waals surface area contributed by atoms with Crippen molar-refractivity contribution in [1.82, 2.24) is 19.9 Å². The minimum absolute atomic E-state index is 0.416. The highest BCUT2D eigenvalue weighted by Crippen LogP contribution is 2.12. The second-order valence-corrected chi connectivity index (χ2v) is 6.14. The molecule has 0 aliphatic rings. The van der Waals surface area contributed by atoms with E-state index in [2.05, 4.69) is 46.8 Å². The van der Waals surface area contributed by atoms with E-state index in [0.717, 1.165) is 29.4 Å². The highest BCUT2D eigenvalue weighted by molar-refractivity contribution is 7.98. The molecule has 2 aromatic rings. The molecule has 0 fully saturated rings. The average molecular weight is 302 g/mol. The predicted molar refractivity (Wildman–Crippen MR) is 87.4 cm³/mol. The number of pyridine rings is 1. The standard InChI is InChI=1S/C16H22N4S/c1-12-5-6-17-15(7-12)8-13(2)20(3)11-14-9-18-16(21-4)19-10-14/h5-7,9-10,13H,8,11H2,1-4H3. The summed E-state index contributed by atoms with van der Waals surface area (Å²) in [4.78, 5) is 15.4. The molecular weight excluding hydrogens is 280 g/mol. The zero-order valence-corrected chi connectivity index (χ0v) is 13.9. The molecule has 0 saturated carbocycles. The third-order valence-corrected chi connectivity index (χ3v) is 4.10. The number of hydrogen-bond acceptors (Lipinski definition) is 5. The van der Waals surface area contributed by atoms with Crippen molar-refractivity contribution in [2.24, 2.45) is 0 Å². The fourth-order valence-corrected chi connectivity index (χ4v) is 2.46. The fraction of sp³-hybridized carbons (Fsp3) is 0.438. The molecule has 0 spiro atoms. The monoisotopic (exact) mass is 302 g/mol. The maximum atomic E-state index is 4.44. The topological polar surface area (TPSA) is 41.9 Å². The Balaban J connectivity index is 1.93. The van der Waals surface area contributed by atoms with Crippen molar-refractivity contribution < 1.29 is 0 Å². The first-order valence-electron chi connectivity index (χ1n) is 7.05. The van der Waals surface area contributed by atoms with Gasteiger partial charge < -0.3 is 0 Å². The molecule has 0 saturated heterocycles. The lowest BCUT2D eigenvalue weighted by molar-refractivity contribution is 0.246. The molecule has 0 amide bonds. The van der Waals surface area contributed by atoms with E-state index in [1.807, 2.05) is 30.9 Å². The van der Waals surface area contributed by atoms with Crippen molar-refractivity contribution in [3.05, 3.63) is 47.5 Å². The average Bonchev–Trinajstić information content (AvgIpc) is 2.48. The van der Waals surface area contributed by atoms with Crippen LogP contribution in [0.3, 0.4) is 0 Å². The number of aryl methyl sites for hydroxylation is 1. The summed E-state index contributed by atoms with van der Waals surface area (Å²) in [5.41, 5.74) is 3.54. The van der Waals surface area contributed by atoms with Crippen molar-refractivity contribution in [1.29, 1.82) is 0 Å². The molecule has 112 valence electrons. The van der Waals surface area contributed by atoms with E-state index in [0.29, 0.717) is 6.04 Å². The number of hydrogen-bond donors (Lipinski definition) is 0. The van der Waals surface area contributed by atoms with Crippen molar-refractivity contribution in [3.63, 3.8) is 0 Å². The maximum absolute atomic E-state index is 4.44. The number of rotatable bonds is 6. The summed E-state index contributed by atoms with van der Waals surface area (Å²) in [7, 11) is 2.13. The Labute approximate surface area is 131 Å². The normalized spacial score (nSPS) is 12.6. The number of likely N-dealkylation sites (N-methyl/N-ethyl adjacent to an activating group) is 1. The molecule has 1 unspecified atom stereocenters. The predicted octanol–water partition coefficient (Wildman–Crippen LogP) is 2.96. The molecular formula is C16H22N4S. The number of thioether (sulfide) groups is 1. The molecule has 2 rings (SSSR count). The Bertz CT molecular complexity index is 571. The van der Waals surface area contributed by atoms with E-state index in [1.165, 1.54) is 5.56 Å². The summed E-state index contributed by atoms with van der Waals surface area (Å²) in [6.45, 7) is 5.17. The van der Waals surface area contributed by atoms with Crippen LogP contribution in [-0.2, 0) is 13.0 Å². The maximum Gasteiger partial charge on any atom is 0.187 e. The van der Waals surface area contributed by atoms with Crippen LogP contribution in [0.2, 0.25) is 0 Å². The van der Waals surface area contributed by atoms with Crippen LogP contribution < -0.4 is 0 Å². The van der Waals surface area contributed by atoms with Gasteiger partial charge in [0.1, 0.15) is 0 Å². The first-order valence-corrected chi connectivity index (χ1v) is 8.27. The largest absolute Gasteiger partial charge is 0.299 e. The van der Waals surface area contributed by atoms with E-state index in [4.69, 9.17) is 0 Å². The number of nitrogens with zero attached hydrogens (tertiary/aromatic N) is 4. The Morgan fingerprint density at radius 3 is 2.57 bits per heavy atom. The highest BCUT2D eigenvalue weighted by atomic mass is 32.2. The first-order chi connectivity index (χ1) is 10.1. The second kappa shape index (κ2) is 7.52. The summed E-state index contributed by atoms with van der Waals surface area (Å²) in [6.07, 6.45) is 8.63. The first kappa shape index (κ1) is 15.9. The molecule has 0 aliphatic carbocycles. The quantitative estimate of drug-likeness (QED) is 0.606. The zero-order chi connectivity index (χ0) is 15.2. The minimum Gasteiger partial charge on any atom is -0.299 e. The van der Waals surface area contributed by atoms with Gasteiger partial charge in [0.2, 0.25) is 0 Å². The van der Waals surface area contributed by atoms with Gasteiger partial charge in [-0.3, -0.25) is 9.88 Å². The van der Waals surface area contributed by atoms with Gasteiger partial charge in [0, 0.05) is 48.9 Å². The summed E-state index contributed by atoms with van der Waals surface area (Å²) < 4.78 is 0. The van der Waals surface area contributed by atoms with E-state index in [1.54, 1.807) is 11.8 Å². The fourth-order valence-electron chi connectivity index (χ4n) is 2.14. The molecule has 5 heteroatoms. The van der Waals surface area contributed by atoms with Crippen molar-refractivity contribution in [2.45, 2.75) is 38.0 Å². The van der Waals surface area contributed by atoms with Crippen LogP contribution in [0.1, 0.15) is 23.7 Å². The van der Waals surface area contributed by atoms with E-state index in [9.17, 15) is 0 Å². The summed E-state index contributed by atoms with van der Waals surface area (Å²) in [6, 6.07) is 4.60. The molecule has 2 heterocycles. The molecule has 0 radical (unpaired) electrons. The third-order valence-electron chi connectivity index (χ3n) is 3.53. The number of aromatic nitrogens is 3. The van der Waals surface area contributed by atoms with E-state index >= 15 is 0 Å². The summed E-state index contributed by atoms with van der Waals surface area (Å²) >= 11 is 1.56. The van der Waals surface area contributed by atoms with Crippen molar-refractivity contribution in [2.75, 3.05) is 13.3 Å². The molecule has 0 bridgehead atoms. The molecule has 0 N–H and O–H groups in total. The summed E-state index contributed by atoms with van der Waals surface area (Å²) in [5.74, 6) is 0. The van der Waals surface area contributed by atoms with Gasteiger partial charge in [-0.05, 0) is 44.8 Å². The molecule has 21 heavy (non-hydrogen) atoms. The van der Waals surface area contributed by atoms with Crippen LogP contribution in [0.15, 0.2) is 35.9 Å². The SMILES string of the molecule is CSc1ncc(CN(C)C(C)Cc2cc(C)ccn2)cn1. The summed E-state index contributed by atoms with van der Waals surface area (Å²) in [5, 5.41) is 0.818. The molecule has 0 aromatic carbocycles. The van der Waals surface area contributed by atoms with Crippen LogP contribution in [0.4, 0.5) is 0 Å². The van der Waals surface area contributed by atoms with Crippen molar-refractivity contribution >= 4 is 11.8 Å². The van der Waals surface area contributed by atoms with Gasteiger partial charge in [0.05, 0.1) is 0 Å². The Morgan fingerprint density at radius 2 is 1.95 bits per heavy atom. The van der Waals surface area contributed by atoms with E-state index < -0.39 is 0 Å². The molecule has 0 aliphatic heterocycles. The molecule has 1 atom stereocenters. The lowest BCUT2D eigenvalue weighted by atomic mass is 10.1. The smallest absolute Gasteiger partial charge is 0.187 e. The minimum atomic E-state index is 0.416. The van der Waals surface area contributed by atoms with Gasteiger partial charge in [0.15, 0.2) is 5.16 Å². The van der Waals surface area contributed by atoms with Crippen molar-refractivity contribution in [3.8, 4) is 0 Å². The van der Waals surface area contributed by atoms with Gasteiger partial charge in [-0.2, -0.15) is 0 Å². The van der Waals surface area contributed by atoms with Crippen LogP contribution in [0.25, 0.3) is 0 Å². The van der Waals surface area contributed by atoms with Crippen LogP contribution >= 0.6 is 11.8 Å². The van der Waals surface area contributed by atoms with Gasteiger partial charge in [0.25, 0.3) is 0 Å². The Kier molecular flexibility index (Phi) is 5.70. The van der Waals surface area contributed by atoms with Crippen LogP contribution in [-0.4, -0.2) is 39.2 Å². The van der Waals surface area contributed by atoms with Gasteiger partial charge >= 0.3 is 0 Å². The van der Waals surface area contributed by atoms with Crippen LogP contribution in [0, 0.1) is 6.92 Å². The van der Waals surface area contributed by atoms with Crippen LogP contribution in [0.5, 0.6) is 0 Å². The lowest BCUT2D eigenvalue weighted by Gasteiger charge is -2.24. The zero-order valence-electron chi connectivity index (χ0n) is 13.1. The van der Waals surface area contributed by atoms with E-state index in [-0.39, 0.29) is 0 Å². The van der Waals surface area contributed by atoms with Gasteiger partial charge in [-0.1, -0.05) is 11.8 Å². The molecule has 2 aromatic heterocycles. The lowest BCUT2D eigenvalue weighted by Crippen LogP contribution is -2.30. The Hall–Kier alpha value is -1.46. The van der Waals surface area contributed by atoms with Gasteiger partial charge in [-0.15, -0.1) is 0 Å². The Morgan fingerprint density at radius 1 is 1.24 bits per heavy atom. The third kappa shape index (κ3) is 4.79.